The smallest absolute Gasteiger partial charge is 0.114 e. The molecule has 2 aromatic rings. The van der Waals surface area contributed by atoms with Crippen molar-refractivity contribution in [2.24, 2.45) is 5.41 Å². The van der Waals surface area contributed by atoms with E-state index in [1.54, 1.807) is 29.5 Å². The van der Waals surface area contributed by atoms with E-state index in [0.717, 1.165) is 16.2 Å². The summed E-state index contributed by atoms with van der Waals surface area (Å²) in [6.07, 6.45) is 1.76. The van der Waals surface area contributed by atoms with Crippen LogP contribution >= 0.6 is 46.3 Å². The molecule has 1 N–H and O–H groups in total. The molecular formula is C16H19Cl2NOS2. The third-order valence-corrected chi connectivity index (χ3v) is 6.31. The number of nitrogens with zero attached hydrogens (tertiary/aromatic N) is 1. The van der Waals surface area contributed by atoms with E-state index in [0.29, 0.717) is 15.8 Å². The molecule has 0 fully saturated rings. The first-order chi connectivity index (χ1) is 10.2. The summed E-state index contributed by atoms with van der Waals surface area (Å²) in [4.78, 5) is 5.00. The highest BCUT2D eigenvalue weighted by molar-refractivity contribution is 7.98. The molecule has 0 aliphatic rings. The van der Waals surface area contributed by atoms with E-state index in [1.165, 1.54) is 11.3 Å². The van der Waals surface area contributed by atoms with Gasteiger partial charge in [0.2, 0.25) is 0 Å². The van der Waals surface area contributed by atoms with Crippen LogP contribution in [0.15, 0.2) is 29.9 Å². The van der Waals surface area contributed by atoms with E-state index in [2.05, 4.69) is 4.98 Å². The largest absolute Gasteiger partial charge is 0.383 e. The second-order valence-electron chi connectivity index (χ2n) is 6.20. The second kappa shape index (κ2) is 7.10. The molecular weight excluding hydrogens is 357 g/mol. The zero-order chi connectivity index (χ0) is 16.4. The Kier molecular flexibility index (Phi) is 5.84. The number of aromatic nitrogens is 1. The van der Waals surface area contributed by atoms with Gasteiger partial charge in [-0.3, -0.25) is 4.98 Å². The zero-order valence-electron chi connectivity index (χ0n) is 12.8. The van der Waals surface area contributed by atoms with Crippen molar-refractivity contribution in [3.8, 4) is 0 Å². The fraction of sp³-hybridized carbons (Fsp3) is 0.438. The lowest BCUT2D eigenvalue weighted by molar-refractivity contribution is -0.0392. The Morgan fingerprint density at radius 2 is 2.00 bits per heavy atom. The highest BCUT2D eigenvalue weighted by Crippen LogP contribution is 2.43. The average Bonchev–Trinajstić information content (AvgIpc) is 2.94. The van der Waals surface area contributed by atoms with Gasteiger partial charge in [-0.05, 0) is 23.1 Å². The SMILES string of the molecule is CC(C)(C)C(O)(CSCc1ccc(Cl)cc1Cl)c1cncs1. The molecule has 1 atom stereocenters. The van der Waals surface area contributed by atoms with Crippen molar-refractivity contribution in [1.29, 1.82) is 0 Å². The quantitative estimate of drug-likeness (QED) is 0.736. The molecule has 22 heavy (non-hydrogen) atoms. The Bertz CT molecular complexity index is 626. The van der Waals surface area contributed by atoms with Gasteiger partial charge in [-0.2, -0.15) is 11.8 Å². The number of halogens is 2. The summed E-state index contributed by atoms with van der Waals surface area (Å²) in [5.41, 5.74) is 1.58. The minimum Gasteiger partial charge on any atom is -0.383 e. The van der Waals surface area contributed by atoms with Crippen LogP contribution in [-0.2, 0) is 11.4 Å². The first-order valence-corrected chi connectivity index (χ1v) is 9.66. The molecule has 6 heteroatoms. The van der Waals surface area contributed by atoms with E-state index < -0.39 is 5.60 Å². The van der Waals surface area contributed by atoms with E-state index >= 15 is 0 Å². The van der Waals surface area contributed by atoms with Crippen LogP contribution in [0.3, 0.4) is 0 Å². The molecule has 120 valence electrons. The van der Waals surface area contributed by atoms with Crippen molar-refractivity contribution in [2.45, 2.75) is 32.1 Å². The zero-order valence-corrected chi connectivity index (χ0v) is 15.9. The van der Waals surface area contributed by atoms with Gasteiger partial charge in [-0.25, -0.2) is 0 Å². The number of thiazole rings is 1. The van der Waals surface area contributed by atoms with E-state index in [1.807, 2.05) is 32.9 Å². The van der Waals surface area contributed by atoms with Crippen LogP contribution < -0.4 is 0 Å². The van der Waals surface area contributed by atoms with Gasteiger partial charge in [-0.15, -0.1) is 11.3 Å². The van der Waals surface area contributed by atoms with Crippen LogP contribution in [0.4, 0.5) is 0 Å². The van der Waals surface area contributed by atoms with E-state index in [4.69, 9.17) is 23.2 Å². The molecule has 0 saturated carbocycles. The molecule has 2 rings (SSSR count). The molecule has 1 aromatic carbocycles. The first kappa shape index (κ1) is 18.1. The van der Waals surface area contributed by atoms with Gasteiger partial charge in [0.25, 0.3) is 0 Å². The summed E-state index contributed by atoms with van der Waals surface area (Å²) in [5, 5.41) is 12.5. The average molecular weight is 376 g/mol. The van der Waals surface area contributed by atoms with Gasteiger partial charge in [0.05, 0.1) is 10.4 Å². The number of hydrogen-bond donors (Lipinski definition) is 1. The van der Waals surface area contributed by atoms with Gasteiger partial charge in [0.1, 0.15) is 5.60 Å². The Morgan fingerprint density at radius 3 is 2.55 bits per heavy atom. The fourth-order valence-corrected chi connectivity index (χ4v) is 5.06. The molecule has 0 saturated heterocycles. The van der Waals surface area contributed by atoms with Gasteiger partial charge in [0, 0.05) is 27.7 Å². The van der Waals surface area contributed by atoms with Crippen molar-refractivity contribution >= 4 is 46.3 Å². The van der Waals surface area contributed by atoms with Crippen LogP contribution in [0.25, 0.3) is 0 Å². The Labute approximate surface area is 149 Å². The predicted molar refractivity (Wildman–Crippen MR) is 98.1 cm³/mol. The third-order valence-electron chi connectivity index (χ3n) is 3.66. The molecule has 0 bridgehead atoms. The van der Waals surface area contributed by atoms with Crippen LogP contribution in [0.1, 0.15) is 31.2 Å². The minimum atomic E-state index is -0.919. The molecule has 1 aromatic heterocycles. The lowest BCUT2D eigenvalue weighted by atomic mass is 9.77. The number of benzene rings is 1. The maximum atomic E-state index is 11.2. The lowest BCUT2D eigenvalue weighted by Gasteiger charge is -2.39. The fourth-order valence-electron chi connectivity index (χ4n) is 2.02. The standard InChI is InChI=1S/C16H19Cl2NOS2/c1-15(2,3)16(20,14-7-19-10-22-14)9-21-8-11-4-5-12(17)6-13(11)18/h4-7,10,20H,8-9H2,1-3H3. The topological polar surface area (TPSA) is 33.1 Å². The number of thioether (sulfide) groups is 1. The van der Waals surface area contributed by atoms with Crippen molar-refractivity contribution in [3.05, 3.63) is 50.4 Å². The van der Waals surface area contributed by atoms with Crippen molar-refractivity contribution in [3.63, 3.8) is 0 Å². The van der Waals surface area contributed by atoms with Crippen LogP contribution in [0.2, 0.25) is 10.0 Å². The van der Waals surface area contributed by atoms with Crippen LogP contribution in [-0.4, -0.2) is 15.8 Å². The van der Waals surface area contributed by atoms with E-state index in [-0.39, 0.29) is 5.41 Å². The maximum absolute atomic E-state index is 11.2. The Morgan fingerprint density at radius 1 is 1.27 bits per heavy atom. The summed E-state index contributed by atoms with van der Waals surface area (Å²) in [5.74, 6) is 1.31. The lowest BCUT2D eigenvalue weighted by Crippen LogP contribution is -2.41. The summed E-state index contributed by atoms with van der Waals surface area (Å²) in [7, 11) is 0. The second-order valence-corrected chi connectivity index (χ2v) is 8.92. The van der Waals surface area contributed by atoms with Crippen molar-refractivity contribution in [2.75, 3.05) is 5.75 Å². The normalized spacial score (nSPS) is 14.8. The first-order valence-electron chi connectivity index (χ1n) is 6.87. The van der Waals surface area contributed by atoms with Crippen LogP contribution in [0, 0.1) is 5.41 Å². The molecule has 0 spiro atoms. The molecule has 1 heterocycles. The Hall–Kier alpha value is -0.260. The molecule has 2 nitrogen and oxygen atoms in total. The number of rotatable bonds is 5. The van der Waals surface area contributed by atoms with Crippen LogP contribution in [0.5, 0.6) is 0 Å². The minimum absolute atomic E-state index is 0.281. The van der Waals surface area contributed by atoms with Gasteiger partial charge in [-0.1, -0.05) is 50.0 Å². The molecule has 0 aliphatic heterocycles. The summed E-state index contributed by atoms with van der Waals surface area (Å²) in [6, 6.07) is 5.52. The summed E-state index contributed by atoms with van der Waals surface area (Å²) >= 11 is 15.3. The third kappa shape index (κ3) is 3.98. The van der Waals surface area contributed by atoms with Gasteiger partial charge in [0.15, 0.2) is 0 Å². The molecule has 0 radical (unpaired) electrons. The monoisotopic (exact) mass is 375 g/mol. The summed E-state index contributed by atoms with van der Waals surface area (Å²) in [6.45, 7) is 6.13. The van der Waals surface area contributed by atoms with E-state index in [9.17, 15) is 5.11 Å². The number of hydrogen-bond acceptors (Lipinski definition) is 4. The predicted octanol–water partition coefficient (Wildman–Crippen LogP) is 5.62. The van der Waals surface area contributed by atoms with Gasteiger partial charge < -0.3 is 5.11 Å². The summed E-state index contributed by atoms with van der Waals surface area (Å²) < 4.78 is 0. The van der Waals surface area contributed by atoms with Crippen molar-refractivity contribution in [1.82, 2.24) is 4.98 Å². The molecule has 1 unspecified atom stereocenters. The van der Waals surface area contributed by atoms with Gasteiger partial charge >= 0.3 is 0 Å². The number of aliphatic hydroxyl groups is 1. The highest BCUT2D eigenvalue weighted by Gasteiger charge is 2.42. The van der Waals surface area contributed by atoms with Crippen molar-refractivity contribution < 1.29 is 5.11 Å². The highest BCUT2D eigenvalue weighted by atomic mass is 35.5. The molecule has 0 aliphatic carbocycles. The molecule has 0 amide bonds. The maximum Gasteiger partial charge on any atom is 0.114 e. The Balaban J connectivity index is 2.10.